The van der Waals surface area contributed by atoms with Gasteiger partial charge in [-0.1, -0.05) is 11.6 Å². The van der Waals surface area contributed by atoms with Crippen LogP contribution in [0.3, 0.4) is 0 Å². The van der Waals surface area contributed by atoms with Gasteiger partial charge in [-0.2, -0.15) is 0 Å². The standard InChI is InChI=1S/C15H19ClO3/c1-9-10-5-2-3-6-12(10)14(16)15(19)11(9)7-4-8-13(17)18/h19H,2-8H2,1H3,(H,17,18). The Morgan fingerprint density at radius 2 is 1.89 bits per heavy atom. The molecule has 0 unspecified atom stereocenters. The molecule has 0 amide bonds. The molecule has 0 radical (unpaired) electrons. The van der Waals surface area contributed by atoms with Crippen LogP contribution in [0.4, 0.5) is 0 Å². The van der Waals surface area contributed by atoms with Crippen LogP contribution in [-0.2, 0) is 24.1 Å². The molecule has 1 aliphatic carbocycles. The summed E-state index contributed by atoms with van der Waals surface area (Å²) in [6.07, 6.45) is 5.42. The van der Waals surface area contributed by atoms with E-state index in [1.54, 1.807) is 0 Å². The third-order valence-corrected chi connectivity index (χ3v) is 4.36. The van der Waals surface area contributed by atoms with Crippen molar-refractivity contribution in [2.45, 2.75) is 51.9 Å². The second-order valence-electron chi connectivity index (χ2n) is 5.18. The first-order valence-corrected chi connectivity index (χ1v) is 7.13. The second kappa shape index (κ2) is 5.83. The number of aromatic hydroxyl groups is 1. The van der Waals surface area contributed by atoms with Gasteiger partial charge in [-0.05, 0) is 67.7 Å². The average molecular weight is 283 g/mol. The number of fused-ring (bicyclic) bond motifs is 1. The van der Waals surface area contributed by atoms with Crippen molar-refractivity contribution in [2.24, 2.45) is 0 Å². The van der Waals surface area contributed by atoms with Crippen molar-refractivity contribution >= 4 is 17.6 Å². The van der Waals surface area contributed by atoms with Gasteiger partial charge in [0.15, 0.2) is 0 Å². The molecule has 2 rings (SSSR count). The highest BCUT2D eigenvalue weighted by atomic mass is 35.5. The third-order valence-electron chi connectivity index (χ3n) is 3.95. The molecule has 104 valence electrons. The molecule has 0 spiro atoms. The molecule has 1 aliphatic rings. The molecule has 0 atom stereocenters. The van der Waals surface area contributed by atoms with Crippen LogP contribution in [0.1, 0.15) is 47.9 Å². The molecule has 0 fully saturated rings. The molecule has 0 aromatic heterocycles. The Morgan fingerprint density at radius 3 is 2.53 bits per heavy atom. The number of carbonyl (C=O) groups is 1. The molecule has 3 nitrogen and oxygen atoms in total. The van der Waals surface area contributed by atoms with Crippen molar-refractivity contribution in [3.05, 3.63) is 27.3 Å². The van der Waals surface area contributed by atoms with E-state index < -0.39 is 5.97 Å². The van der Waals surface area contributed by atoms with Gasteiger partial charge in [0.25, 0.3) is 0 Å². The predicted molar refractivity (Wildman–Crippen MR) is 75.1 cm³/mol. The lowest BCUT2D eigenvalue weighted by Crippen LogP contribution is -2.09. The van der Waals surface area contributed by atoms with Crippen molar-refractivity contribution in [1.29, 1.82) is 0 Å². The van der Waals surface area contributed by atoms with Gasteiger partial charge in [-0.15, -0.1) is 0 Å². The summed E-state index contributed by atoms with van der Waals surface area (Å²) >= 11 is 6.26. The number of hydrogen-bond donors (Lipinski definition) is 2. The zero-order valence-electron chi connectivity index (χ0n) is 11.1. The molecule has 0 heterocycles. The normalized spacial score (nSPS) is 14.2. The zero-order valence-corrected chi connectivity index (χ0v) is 11.9. The van der Waals surface area contributed by atoms with Crippen LogP contribution in [-0.4, -0.2) is 16.2 Å². The number of carboxylic acids is 1. The minimum atomic E-state index is -0.804. The molecule has 19 heavy (non-hydrogen) atoms. The lowest BCUT2D eigenvalue weighted by atomic mass is 9.85. The first-order chi connectivity index (χ1) is 9.02. The van der Waals surface area contributed by atoms with E-state index in [0.29, 0.717) is 17.9 Å². The van der Waals surface area contributed by atoms with Crippen molar-refractivity contribution in [1.82, 2.24) is 0 Å². The Balaban J connectivity index is 2.33. The van der Waals surface area contributed by atoms with Crippen LogP contribution in [0.25, 0.3) is 0 Å². The van der Waals surface area contributed by atoms with Crippen molar-refractivity contribution in [2.75, 3.05) is 0 Å². The maximum absolute atomic E-state index is 10.6. The average Bonchev–Trinajstić information content (AvgIpc) is 2.40. The molecule has 4 heteroatoms. The number of hydrogen-bond acceptors (Lipinski definition) is 2. The summed E-state index contributed by atoms with van der Waals surface area (Å²) in [5, 5.41) is 19.4. The first kappa shape index (κ1) is 14.2. The Labute approximate surface area is 118 Å². The highest BCUT2D eigenvalue weighted by molar-refractivity contribution is 6.33. The maximum atomic E-state index is 10.6. The summed E-state index contributed by atoms with van der Waals surface area (Å²) in [5.74, 6) is -0.647. The van der Waals surface area contributed by atoms with Gasteiger partial charge in [0.05, 0.1) is 5.02 Å². The third kappa shape index (κ3) is 2.86. The summed E-state index contributed by atoms with van der Waals surface area (Å²) in [7, 11) is 0. The lowest BCUT2D eigenvalue weighted by molar-refractivity contribution is -0.137. The summed E-state index contributed by atoms with van der Waals surface area (Å²) in [5.41, 5.74) is 4.28. The summed E-state index contributed by atoms with van der Waals surface area (Å²) in [6, 6.07) is 0. The number of phenolic OH excluding ortho intramolecular Hbond substituents is 1. The highest BCUT2D eigenvalue weighted by Gasteiger charge is 2.22. The molecule has 1 aromatic rings. The fourth-order valence-electron chi connectivity index (χ4n) is 2.92. The van der Waals surface area contributed by atoms with Gasteiger partial charge in [-0.25, -0.2) is 0 Å². The Bertz CT molecular complexity index is 509. The Morgan fingerprint density at radius 1 is 1.26 bits per heavy atom. The maximum Gasteiger partial charge on any atom is 0.303 e. The summed E-state index contributed by atoms with van der Waals surface area (Å²) in [4.78, 5) is 10.6. The van der Waals surface area contributed by atoms with E-state index in [2.05, 4.69) is 0 Å². The van der Waals surface area contributed by atoms with Gasteiger partial charge < -0.3 is 10.2 Å². The lowest BCUT2D eigenvalue weighted by Gasteiger charge is -2.23. The van der Waals surface area contributed by atoms with Crippen LogP contribution < -0.4 is 0 Å². The molecule has 2 N–H and O–H groups in total. The van der Waals surface area contributed by atoms with Gasteiger partial charge in [-0.3, -0.25) is 4.79 Å². The summed E-state index contributed by atoms with van der Waals surface area (Å²) < 4.78 is 0. The fraction of sp³-hybridized carbons (Fsp3) is 0.533. The van der Waals surface area contributed by atoms with Crippen LogP contribution in [0, 0.1) is 6.92 Å². The van der Waals surface area contributed by atoms with Crippen LogP contribution in [0.15, 0.2) is 0 Å². The molecular formula is C15H19ClO3. The first-order valence-electron chi connectivity index (χ1n) is 6.75. The Hall–Kier alpha value is -1.22. The van der Waals surface area contributed by atoms with E-state index in [-0.39, 0.29) is 12.2 Å². The number of benzene rings is 1. The van der Waals surface area contributed by atoms with E-state index in [9.17, 15) is 9.90 Å². The molecule has 0 aliphatic heterocycles. The monoisotopic (exact) mass is 282 g/mol. The van der Waals surface area contributed by atoms with Crippen LogP contribution in [0.2, 0.25) is 5.02 Å². The predicted octanol–water partition coefficient (Wildman–Crippen LogP) is 3.64. The number of rotatable bonds is 4. The minimum absolute atomic E-state index is 0.119. The Kier molecular flexibility index (Phi) is 4.35. The molecular weight excluding hydrogens is 264 g/mol. The van der Waals surface area contributed by atoms with E-state index >= 15 is 0 Å². The molecule has 0 bridgehead atoms. The van der Waals surface area contributed by atoms with Gasteiger partial charge in [0.2, 0.25) is 0 Å². The van der Waals surface area contributed by atoms with Crippen molar-refractivity contribution < 1.29 is 15.0 Å². The highest BCUT2D eigenvalue weighted by Crippen LogP contribution is 2.40. The number of halogens is 1. The quantitative estimate of drug-likeness (QED) is 0.886. The number of phenols is 1. The van der Waals surface area contributed by atoms with Gasteiger partial charge >= 0.3 is 5.97 Å². The molecule has 0 saturated carbocycles. The smallest absolute Gasteiger partial charge is 0.303 e. The largest absolute Gasteiger partial charge is 0.506 e. The topological polar surface area (TPSA) is 57.5 Å². The minimum Gasteiger partial charge on any atom is -0.506 e. The number of carboxylic acid groups (broad SMARTS) is 1. The van der Waals surface area contributed by atoms with E-state index in [0.717, 1.165) is 42.4 Å². The van der Waals surface area contributed by atoms with Crippen LogP contribution in [0.5, 0.6) is 5.75 Å². The summed E-state index contributed by atoms with van der Waals surface area (Å²) in [6.45, 7) is 2.01. The van der Waals surface area contributed by atoms with E-state index in [4.69, 9.17) is 16.7 Å². The van der Waals surface area contributed by atoms with E-state index in [1.807, 2.05) is 6.92 Å². The van der Waals surface area contributed by atoms with Crippen molar-refractivity contribution in [3.8, 4) is 5.75 Å². The molecule has 0 saturated heterocycles. The number of aliphatic carboxylic acids is 1. The molecule has 1 aromatic carbocycles. The SMILES string of the molecule is Cc1c(CCCC(=O)O)c(O)c(Cl)c2c1CCCC2. The van der Waals surface area contributed by atoms with Crippen LogP contribution >= 0.6 is 11.6 Å². The zero-order chi connectivity index (χ0) is 14.0. The second-order valence-corrected chi connectivity index (χ2v) is 5.56. The van der Waals surface area contributed by atoms with Crippen molar-refractivity contribution in [3.63, 3.8) is 0 Å². The fourth-order valence-corrected chi connectivity index (χ4v) is 3.24. The van der Waals surface area contributed by atoms with Gasteiger partial charge in [0, 0.05) is 6.42 Å². The van der Waals surface area contributed by atoms with Gasteiger partial charge in [0.1, 0.15) is 5.75 Å². The van der Waals surface area contributed by atoms with E-state index in [1.165, 1.54) is 5.56 Å².